The van der Waals surface area contributed by atoms with Crippen LogP contribution in [0, 0.1) is 11.3 Å². The molecule has 0 radical (unpaired) electrons. The van der Waals surface area contributed by atoms with Gasteiger partial charge in [0.25, 0.3) is 5.60 Å². The molecule has 1 unspecified atom stereocenters. The second-order valence-corrected chi connectivity index (χ2v) is 6.80. The number of hydrogen-bond acceptors (Lipinski definition) is 5. The van der Waals surface area contributed by atoms with Crippen molar-refractivity contribution in [1.82, 2.24) is 0 Å². The van der Waals surface area contributed by atoms with E-state index in [0.717, 1.165) is 11.1 Å². The Morgan fingerprint density at radius 2 is 1.89 bits per heavy atom. The molecule has 2 aromatic rings. The molecule has 0 spiro atoms. The summed E-state index contributed by atoms with van der Waals surface area (Å²) < 4.78 is 16.7. The molecule has 0 saturated carbocycles. The maximum Gasteiger partial charge on any atom is 0.354 e. The predicted molar refractivity (Wildman–Crippen MR) is 100 cm³/mol. The number of rotatable bonds is 5. The fourth-order valence-electron chi connectivity index (χ4n) is 3.73. The maximum absolute atomic E-state index is 12.8. The van der Waals surface area contributed by atoms with Gasteiger partial charge in [0.15, 0.2) is 0 Å². The van der Waals surface area contributed by atoms with Gasteiger partial charge in [0, 0.05) is 5.92 Å². The predicted octanol–water partition coefficient (Wildman–Crippen LogP) is 3.94. The minimum atomic E-state index is -1.70. The lowest BCUT2D eigenvalue weighted by molar-refractivity contribution is -0.171. The number of esters is 1. The van der Waals surface area contributed by atoms with Crippen molar-refractivity contribution in [3.8, 4) is 11.8 Å². The van der Waals surface area contributed by atoms with Gasteiger partial charge >= 0.3 is 5.97 Å². The van der Waals surface area contributed by atoms with E-state index in [9.17, 15) is 10.1 Å². The molecule has 27 heavy (non-hydrogen) atoms. The highest BCUT2D eigenvalue weighted by Crippen LogP contribution is 2.53. The van der Waals surface area contributed by atoms with Crippen molar-refractivity contribution in [2.45, 2.75) is 37.4 Å². The molecule has 1 saturated heterocycles. The molecule has 1 aliphatic rings. The lowest BCUT2D eigenvalue weighted by Crippen LogP contribution is -2.44. The molecule has 0 bridgehead atoms. The van der Waals surface area contributed by atoms with E-state index >= 15 is 0 Å². The Morgan fingerprint density at radius 3 is 2.44 bits per heavy atom. The number of benzene rings is 2. The van der Waals surface area contributed by atoms with Gasteiger partial charge in [0.2, 0.25) is 0 Å². The van der Waals surface area contributed by atoms with E-state index in [4.69, 9.17) is 14.2 Å². The molecule has 3 rings (SSSR count). The monoisotopic (exact) mass is 365 g/mol. The fraction of sp³-hybridized carbons (Fsp3) is 0.364. The number of ether oxygens (including phenoxy) is 3. The van der Waals surface area contributed by atoms with Gasteiger partial charge < -0.3 is 14.2 Å². The van der Waals surface area contributed by atoms with Crippen molar-refractivity contribution in [3.63, 3.8) is 0 Å². The van der Waals surface area contributed by atoms with Crippen molar-refractivity contribution < 1.29 is 19.0 Å². The molecule has 0 N–H and O–H groups in total. The Bertz CT molecular complexity index is 843. The van der Waals surface area contributed by atoms with E-state index in [-0.39, 0.29) is 6.61 Å². The summed E-state index contributed by atoms with van der Waals surface area (Å²) in [5.74, 6) is -0.396. The lowest BCUT2D eigenvalue weighted by Gasteiger charge is -2.28. The van der Waals surface area contributed by atoms with Crippen LogP contribution in [-0.4, -0.2) is 25.3 Å². The molecule has 3 atom stereocenters. The first kappa shape index (κ1) is 18.9. The van der Waals surface area contributed by atoms with E-state index in [1.54, 1.807) is 14.0 Å². The van der Waals surface area contributed by atoms with Crippen molar-refractivity contribution >= 4 is 5.97 Å². The first-order chi connectivity index (χ1) is 13.0. The largest absolute Gasteiger partial charge is 0.497 e. The SMILES string of the molecule is CCOC(=O)C1(C#N)O[C@](C)(c2ccccc2)C[C@H]1c1ccc(OC)cc1. The molecular weight excluding hydrogens is 342 g/mol. The summed E-state index contributed by atoms with van der Waals surface area (Å²) in [6.45, 7) is 3.82. The van der Waals surface area contributed by atoms with Crippen molar-refractivity contribution in [3.05, 3.63) is 65.7 Å². The van der Waals surface area contributed by atoms with E-state index in [1.807, 2.05) is 61.5 Å². The highest BCUT2D eigenvalue weighted by molar-refractivity contribution is 5.85. The minimum Gasteiger partial charge on any atom is -0.497 e. The molecule has 1 heterocycles. The van der Waals surface area contributed by atoms with Crippen LogP contribution in [0.4, 0.5) is 0 Å². The standard InChI is InChI=1S/C22H23NO4/c1-4-26-20(24)22(15-23)19(16-10-12-18(25-3)13-11-16)14-21(2,27-22)17-8-6-5-7-9-17/h5-13,19H,4,14H2,1-3H3/t19-,21-,22?/m0/s1. The number of nitrogens with zero attached hydrogens (tertiary/aromatic N) is 1. The van der Waals surface area contributed by atoms with Crippen LogP contribution >= 0.6 is 0 Å². The van der Waals surface area contributed by atoms with Crippen LogP contribution in [0.1, 0.15) is 37.3 Å². The average molecular weight is 365 g/mol. The smallest absolute Gasteiger partial charge is 0.354 e. The Morgan fingerprint density at radius 1 is 1.22 bits per heavy atom. The zero-order chi connectivity index (χ0) is 19.5. The second-order valence-electron chi connectivity index (χ2n) is 6.80. The molecule has 5 heteroatoms. The van der Waals surface area contributed by atoms with Crippen LogP contribution in [0.25, 0.3) is 0 Å². The molecule has 2 aromatic carbocycles. The van der Waals surface area contributed by atoms with E-state index in [1.165, 1.54) is 0 Å². The highest BCUT2D eigenvalue weighted by atomic mass is 16.6. The molecule has 5 nitrogen and oxygen atoms in total. The molecule has 0 amide bonds. The molecule has 1 fully saturated rings. The van der Waals surface area contributed by atoms with Gasteiger partial charge in [-0.25, -0.2) is 4.79 Å². The summed E-state index contributed by atoms with van der Waals surface area (Å²) >= 11 is 0. The van der Waals surface area contributed by atoms with Crippen LogP contribution in [-0.2, 0) is 19.9 Å². The molecule has 0 aliphatic carbocycles. The van der Waals surface area contributed by atoms with Crippen LogP contribution in [0.15, 0.2) is 54.6 Å². The average Bonchev–Trinajstić information content (AvgIpc) is 3.04. The minimum absolute atomic E-state index is 0.184. The number of hydrogen-bond donors (Lipinski definition) is 0. The van der Waals surface area contributed by atoms with Crippen molar-refractivity contribution in [1.29, 1.82) is 5.26 Å². The van der Waals surface area contributed by atoms with Crippen LogP contribution in [0.3, 0.4) is 0 Å². The van der Waals surface area contributed by atoms with Gasteiger partial charge in [0.1, 0.15) is 11.8 Å². The molecule has 0 aromatic heterocycles. The van der Waals surface area contributed by atoms with Crippen molar-refractivity contribution in [2.75, 3.05) is 13.7 Å². The summed E-state index contributed by atoms with van der Waals surface area (Å²) in [7, 11) is 1.60. The quantitative estimate of drug-likeness (QED) is 0.751. The Labute approximate surface area is 159 Å². The topological polar surface area (TPSA) is 68.6 Å². The van der Waals surface area contributed by atoms with Crippen LogP contribution < -0.4 is 4.74 Å². The maximum atomic E-state index is 12.8. The zero-order valence-electron chi connectivity index (χ0n) is 15.8. The van der Waals surface area contributed by atoms with Crippen LogP contribution in [0.2, 0.25) is 0 Å². The third-order valence-corrected chi connectivity index (χ3v) is 5.12. The lowest BCUT2D eigenvalue weighted by atomic mass is 9.79. The molecule has 140 valence electrons. The Balaban J connectivity index is 2.09. The van der Waals surface area contributed by atoms with Gasteiger partial charge in [-0.15, -0.1) is 0 Å². The number of nitriles is 1. The number of carbonyl (C=O) groups is 1. The van der Waals surface area contributed by atoms with Crippen molar-refractivity contribution in [2.24, 2.45) is 0 Å². The first-order valence-corrected chi connectivity index (χ1v) is 8.97. The fourth-order valence-corrected chi connectivity index (χ4v) is 3.73. The van der Waals surface area contributed by atoms with Gasteiger partial charge in [-0.05, 0) is 43.5 Å². The summed E-state index contributed by atoms with van der Waals surface area (Å²) in [5, 5.41) is 10.0. The summed E-state index contributed by atoms with van der Waals surface area (Å²) in [5.41, 5.74) is -0.723. The van der Waals surface area contributed by atoms with Gasteiger partial charge in [-0.3, -0.25) is 0 Å². The number of methoxy groups -OCH3 is 1. The second kappa shape index (κ2) is 7.42. The Kier molecular flexibility index (Phi) is 5.20. The summed E-state index contributed by atoms with van der Waals surface area (Å²) in [6.07, 6.45) is 0.482. The summed E-state index contributed by atoms with van der Waals surface area (Å²) in [6, 6.07) is 19.2. The molecular formula is C22H23NO4. The third-order valence-electron chi connectivity index (χ3n) is 5.12. The number of carbonyl (C=O) groups excluding carboxylic acids is 1. The first-order valence-electron chi connectivity index (χ1n) is 8.97. The Hall–Kier alpha value is -2.84. The van der Waals surface area contributed by atoms with E-state index in [2.05, 4.69) is 6.07 Å². The van der Waals surface area contributed by atoms with Gasteiger partial charge in [-0.1, -0.05) is 42.5 Å². The highest BCUT2D eigenvalue weighted by Gasteiger charge is 2.61. The zero-order valence-corrected chi connectivity index (χ0v) is 15.8. The molecule has 1 aliphatic heterocycles. The summed E-state index contributed by atoms with van der Waals surface area (Å²) in [4.78, 5) is 12.8. The van der Waals surface area contributed by atoms with E-state index < -0.39 is 23.1 Å². The van der Waals surface area contributed by atoms with E-state index in [0.29, 0.717) is 12.2 Å². The van der Waals surface area contributed by atoms with Crippen LogP contribution in [0.5, 0.6) is 5.75 Å². The normalized spacial score (nSPS) is 27.0. The van der Waals surface area contributed by atoms with Gasteiger partial charge in [-0.2, -0.15) is 5.26 Å². The van der Waals surface area contributed by atoms with Gasteiger partial charge in [0.05, 0.1) is 19.3 Å². The third kappa shape index (κ3) is 3.29.